The van der Waals surface area contributed by atoms with Crippen LogP contribution in [0.3, 0.4) is 0 Å². The van der Waals surface area contributed by atoms with E-state index in [-0.39, 0.29) is 12.2 Å². The van der Waals surface area contributed by atoms with Gasteiger partial charge in [0.15, 0.2) is 0 Å². The molecule has 0 aliphatic carbocycles. The molecule has 0 aromatic carbocycles. The highest BCUT2D eigenvalue weighted by Gasteiger charge is 2.42. The molecule has 0 spiro atoms. The monoisotopic (exact) mass is 320 g/mol. The summed E-state index contributed by atoms with van der Waals surface area (Å²) >= 11 is 1.43. The number of carbonyl (C=O) groups is 1. The minimum atomic E-state index is -3.62. The van der Waals surface area contributed by atoms with E-state index in [0.29, 0.717) is 5.56 Å². The second-order valence-electron chi connectivity index (χ2n) is 4.87. The largest absolute Gasteiger partial charge is 0.445 e. The van der Waals surface area contributed by atoms with Gasteiger partial charge in [-0.3, -0.25) is 9.36 Å². The zero-order chi connectivity index (χ0) is 15.3. The van der Waals surface area contributed by atoms with Crippen LogP contribution in [0.1, 0.15) is 46.0 Å². The van der Waals surface area contributed by atoms with Gasteiger partial charge in [-0.15, -0.1) is 0 Å². The smallest absolute Gasteiger partial charge is 0.376 e. The number of rotatable bonds is 7. The third kappa shape index (κ3) is 5.02. The minimum absolute atomic E-state index is 0.309. The third-order valence-electron chi connectivity index (χ3n) is 2.11. The highest BCUT2D eigenvalue weighted by molar-refractivity contribution is 7.54. The summed E-state index contributed by atoms with van der Waals surface area (Å²) in [5, 5.41) is 3.59. The van der Waals surface area contributed by atoms with E-state index in [1.165, 1.54) is 18.3 Å². The Labute approximate surface area is 123 Å². The molecule has 5 nitrogen and oxygen atoms in total. The predicted molar refractivity (Wildman–Crippen MR) is 78.9 cm³/mol. The molecule has 0 radical (unpaired) electrons. The Balaban J connectivity index is 3.15. The van der Waals surface area contributed by atoms with Crippen molar-refractivity contribution in [2.75, 3.05) is 0 Å². The Bertz CT molecular complexity index is 455. The quantitative estimate of drug-likeness (QED) is 0.552. The highest BCUT2D eigenvalue weighted by Crippen LogP contribution is 2.63. The second-order valence-corrected chi connectivity index (χ2v) is 7.62. The van der Waals surface area contributed by atoms with E-state index < -0.39 is 19.4 Å². The number of hydrogen-bond acceptors (Lipinski definition) is 6. The lowest BCUT2D eigenvalue weighted by molar-refractivity contribution is -0.144. The molecule has 0 amide bonds. The van der Waals surface area contributed by atoms with Gasteiger partial charge in [-0.05, 0) is 44.5 Å². The van der Waals surface area contributed by atoms with Crippen molar-refractivity contribution in [3.63, 3.8) is 0 Å². The van der Waals surface area contributed by atoms with Crippen molar-refractivity contribution in [3.8, 4) is 0 Å². The topological polar surface area (TPSA) is 61.8 Å². The molecular formula is C13H21O5PS. The van der Waals surface area contributed by atoms with Gasteiger partial charge in [-0.1, -0.05) is 0 Å². The van der Waals surface area contributed by atoms with Crippen LogP contribution in [0.2, 0.25) is 0 Å². The van der Waals surface area contributed by atoms with Crippen LogP contribution in [-0.2, 0) is 23.1 Å². The van der Waals surface area contributed by atoms with E-state index in [9.17, 15) is 9.36 Å². The first-order chi connectivity index (χ1) is 9.24. The average molecular weight is 320 g/mol. The van der Waals surface area contributed by atoms with E-state index in [1.807, 2.05) is 5.38 Å². The lowest BCUT2D eigenvalue weighted by Gasteiger charge is -2.28. The first kappa shape index (κ1) is 17.4. The fourth-order valence-electron chi connectivity index (χ4n) is 1.61. The molecule has 1 aromatic heterocycles. The van der Waals surface area contributed by atoms with E-state index in [0.717, 1.165) is 0 Å². The molecule has 1 aromatic rings. The van der Waals surface area contributed by atoms with Crippen molar-refractivity contribution in [2.45, 2.75) is 52.7 Å². The van der Waals surface area contributed by atoms with E-state index in [1.54, 1.807) is 39.1 Å². The van der Waals surface area contributed by atoms with Gasteiger partial charge in [0, 0.05) is 12.5 Å². The number of ether oxygens (including phenoxy) is 1. The predicted octanol–water partition coefficient (Wildman–Crippen LogP) is 4.35. The maximum Gasteiger partial charge on any atom is 0.376 e. The fraction of sp³-hybridized carbons (Fsp3) is 0.615. The summed E-state index contributed by atoms with van der Waals surface area (Å²) in [6.07, 6.45) is -0.618. The summed E-state index contributed by atoms with van der Waals surface area (Å²) in [6, 6.07) is 1.75. The molecule has 7 heteroatoms. The summed E-state index contributed by atoms with van der Waals surface area (Å²) in [6.45, 7) is 8.31. The maximum atomic E-state index is 13.1. The summed E-state index contributed by atoms with van der Waals surface area (Å²) in [5.41, 5.74) is 0.620. The van der Waals surface area contributed by atoms with Gasteiger partial charge in [-0.25, -0.2) is 0 Å². The first-order valence-electron chi connectivity index (χ1n) is 6.40. The van der Waals surface area contributed by atoms with Crippen molar-refractivity contribution in [2.24, 2.45) is 0 Å². The van der Waals surface area contributed by atoms with Crippen LogP contribution in [0.5, 0.6) is 0 Å². The summed E-state index contributed by atoms with van der Waals surface area (Å²) in [4.78, 5) is 11.3. The molecule has 0 aliphatic rings. The molecule has 0 unspecified atom stereocenters. The Kier molecular flexibility index (Phi) is 6.40. The molecule has 0 bridgehead atoms. The van der Waals surface area contributed by atoms with Crippen LogP contribution in [0.4, 0.5) is 0 Å². The van der Waals surface area contributed by atoms with Crippen molar-refractivity contribution in [1.29, 1.82) is 0 Å². The fourth-order valence-corrected chi connectivity index (χ4v) is 4.63. The van der Waals surface area contributed by atoms with Crippen molar-refractivity contribution in [3.05, 3.63) is 22.4 Å². The lowest BCUT2D eigenvalue weighted by Crippen LogP contribution is -2.17. The molecule has 1 heterocycles. The lowest BCUT2D eigenvalue weighted by atomic mass is 10.4. The Hall–Kier alpha value is -0.680. The Morgan fingerprint density at radius 2 is 1.75 bits per heavy atom. The van der Waals surface area contributed by atoms with Crippen LogP contribution >= 0.6 is 18.9 Å². The molecule has 20 heavy (non-hydrogen) atoms. The summed E-state index contributed by atoms with van der Waals surface area (Å²) < 4.78 is 29.3. The number of carbonyl (C=O) groups excluding carboxylic acids is 1. The van der Waals surface area contributed by atoms with Crippen LogP contribution in [0, 0.1) is 0 Å². The first-order valence-corrected chi connectivity index (χ1v) is 8.96. The zero-order valence-electron chi connectivity index (χ0n) is 12.4. The van der Waals surface area contributed by atoms with Gasteiger partial charge >= 0.3 is 13.6 Å². The third-order valence-corrected chi connectivity index (χ3v) is 5.22. The number of hydrogen-bond donors (Lipinski definition) is 0. The van der Waals surface area contributed by atoms with Gasteiger partial charge in [0.1, 0.15) is 0 Å². The SMILES string of the molecule is CC(=O)O[C@H](c1ccsc1)P(=O)(OC(C)C)OC(C)C. The maximum absolute atomic E-state index is 13.1. The van der Waals surface area contributed by atoms with Gasteiger partial charge in [0.2, 0.25) is 5.85 Å². The molecule has 0 aliphatic heterocycles. The van der Waals surface area contributed by atoms with Gasteiger partial charge in [-0.2, -0.15) is 11.3 Å². The summed E-state index contributed by atoms with van der Waals surface area (Å²) in [7, 11) is -3.62. The van der Waals surface area contributed by atoms with Gasteiger partial charge in [0.25, 0.3) is 0 Å². The standard InChI is InChI=1S/C13H21O5PS/c1-9(2)17-19(15,18-10(3)4)13(16-11(5)14)12-6-7-20-8-12/h6-10,13H,1-5H3/t13-/m0/s1. The van der Waals surface area contributed by atoms with Gasteiger partial charge < -0.3 is 13.8 Å². The molecule has 0 N–H and O–H groups in total. The van der Waals surface area contributed by atoms with E-state index in [2.05, 4.69) is 0 Å². The number of esters is 1. The summed E-state index contributed by atoms with van der Waals surface area (Å²) in [5.74, 6) is -1.56. The normalized spacial score (nSPS) is 13.8. The van der Waals surface area contributed by atoms with Crippen molar-refractivity contribution < 1.29 is 23.1 Å². The van der Waals surface area contributed by atoms with Crippen molar-refractivity contribution >= 4 is 24.9 Å². The van der Waals surface area contributed by atoms with Crippen LogP contribution in [0.25, 0.3) is 0 Å². The number of thiophene rings is 1. The van der Waals surface area contributed by atoms with Gasteiger partial charge in [0.05, 0.1) is 12.2 Å². The second kappa shape index (κ2) is 7.36. The van der Waals surface area contributed by atoms with Crippen LogP contribution < -0.4 is 0 Å². The van der Waals surface area contributed by atoms with Crippen LogP contribution in [0.15, 0.2) is 16.8 Å². The molecule has 0 fully saturated rings. The minimum Gasteiger partial charge on any atom is -0.445 e. The molecule has 114 valence electrons. The van der Waals surface area contributed by atoms with Crippen molar-refractivity contribution in [1.82, 2.24) is 0 Å². The molecule has 1 rings (SSSR count). The molecule has 1 atom stereocenters. The zero-order valence-corrected chi connectivity index (χ0v) is 14.1. The van der Waals surface area contributed by atoms with Crippen LogP contribution in [-0.4, -0.2) is 18.2 Å². The molecule has 0 saturated carbocycles. The highest BCUT2D eigenvalue weighted by atomic mass is 32.1. The van der Waals surface area contributed by atoms with E-state index >= 15 is 0 Å². The van der Waals surface area contributed by atoms with E-state index in [4.69, 9.17) is 13.8 Å². The molecular weight excluding hydrogens is 299 g/mol. The average Bonchev–Trinajstić information content (AvgIpc) is 2.75. The Morgan fingerprint density at radius 1 is 1.20 bits per heavy atom. The Morgan fingerprint density at radius 3 is 2.10 bits per heavy atom. The molecule has 0 saturated heterocycles.